The molecular formula is C18H22O4SiTi. The molecular weight excluding hydrogens is 356 g/mol. The molecule has 0 unspecified atom stereocenters. The minimum absolute atomic E-state index is 0. The Morgan fingerprint density at radius 2 is 0.667 bits per heavy atom. The average Bonchev–Trinajstić information content (AvgIpc) is 2.56. The third kappa shape index (κ3) is 4.72. The fourth-order valence-corrected chi connectivity index (χ4v) is 5.56. The van der Waals surface area contributed by atoms with Crippen LogP contribution in [0.4, 0.5) is 0 Å². The predicted molar refractivity (Wildman–Crippen MR) is 97.0 cm³/mol. The van der Waals surface area contributed by atoms with E-state index in [0.29, 0.717) is 0 Å². The van der Waals surface area contributed by atoms with Crippen LogP contribution in [-0.2, 0) is 21.7 Å². The zero-order chi connectivity index (χ0) is 13.8. The summed E-state index contributed by atoms with van der Waals surface area (Å²) in [5.41, 5.74) is 0. The van der Waals surface area contributed by atoms with Crippen LogP contribution in [-0.4, -0.2) is 29.5 Å². The van der Waals surface area contributed by atoms with Gasteiger partial charge >= 0.3 is 0 Å². The fraction of sp³-hybridized carbons (Fsp3) is 0. The molecule has 0 spiro atoms. The van der Waals surface area contributed by atoms with Crippen molar-refractivity contribution in [2.75, 3.05) is 0 Å². The van der Waals surface area contributed by atoms with Gasteiger partial charge in [0.1, 0.15) is 0 Å². The molecule has 0 heterocycles. The van der Waals surface area contributed by atoms with Gasteiger partial charge in [0.15, 0.2) is 0 Å². The maximum atomic E-state index is 11.6. The molecule has 4 nitrogen and oxygen atoms in total. The Labute approximate surface area is 157 Å². The standard InChI is InChI=1S/C18H16OSi.3H2O.Ti/c19-20(16-10-4-1-5-11-16,17-12-6-2-7-13-17)18-14-8-3-9-15-18;;;;/h1-15,19H;3*1H2;. The van der Waals surface area contributed by atoms with E-state index in [9.17, 15) is 4.80 Å². The third-order valence-electron chi connectivity index (χ3n) is 3.57. The molecule has 0 atom stereocenters. The summed E-state index contributed by atoms with van der Waals surface area (Å²) in [6.45, 7) is 0. The summed E-state index contributed by atoms with van der Waals surface area (Å²) < 4.78 is 0. The van der Waals surface area contributed by atoms with E-state index >= 15 is 0 Å². The molecule has 0 radical (unpaired) electrons. The molecule has 0 aliphatic rings. The second-order valence-corrected chi connectivity index (χ2v) is 7.96. The molecule has 126 valence electrons. The molecule has 0 aliphatic heterocycles. The SMILES string of the molecule is O.O.O.O[Si](c1ccccc1)(c1ccccc1)c1ccccc1.[Ti]. The summed E-state index contributed by atoms with van der Waals surface area (Å²) in [7, 11) is -2.88. The van der Waals surface area contributed by atoms with Gasteiger partial charge in [-0.25, -0.2) is 0 Å². The Kier molecular flexibility index (Phi) is 11.4. The van der Waals surface area contributed by atoms with Crippen LogP contribution in [0.3, 0.4) is 0 Å². The minimum Gasteiger partial charge on any atom is -0.421 e. The van der Waals surface area contributed by atoms with Gasteiger partial charge in [-0.2, -0.15) is 0 Å². The normalized spacial score (nSPS) is 9.38. The van der Waals surface area contributed by atoms with Crippen LogP contribution in [0.1, 0.15) is 0 Å². The van der Waals surface area contributed by atoms with Crippen molar-refractivity contribution in [2.45, 2.75) is 0 Å². The molecule has 0 bridgehead atoms. The molecule has 0 amide bonds. The number of benzene rings is 3. The smallest absolute Gasteiger partial charge is 0.285 e. The van der Waals surface area contributed by atoms with E-state index in [4.69, 9.17) is 0 Å². The Morgan fingerprint density at radius 3 is 0.875 bits per heavy atom. The molecule has 0 saturated carbocycles. The Bertz CT molecular complexity index is 584. The molecule has 7 N–H and O–H groups in total. The van der Waals surface area contributed by atoms with Gasteiger partial charge in [0.25, 0.3) is 8.32 Å². The summed E-state index contributed by atoms with van der Waals surface area (Å²) in [5, 5.41) is 3.03. The van der Waals surface area contributed by atoms with E-state index in [1.54, 1.807) is 0 Å². The molecule has 0 saturated heterocycles. The van der Waals surface area contributed by atoms with Gasteiger partial charge in [-0.05, 0) is 15.6 Å². The summed E-state index contributed by atoms with van der Waals surface area (Å²) in [5.74, 6) is 0. The summed E-state index contributed by atoms with van der Waals surface area (Å²) in [4.78, 5) is 11.6. The van der Waals surface area contributed by atoms with E-state index in [1.807, 2.05) is 91.0 Å². The zero-order valence-corrected chi connectivity index (χ0v) is 15.7. The van der Waals surface area contributed by atoms with Crippen molar-refractivity contribution in [3.8, 4) is 0 Å². The Morgan fingerprint density at radius 1 is 0.458 bits per heavy atom. The van der Waals surface area contributed by atoms with Gasteiger partial charge in [0, 0.05) is 21.7 Å². The number of hydrogen-bond acceptors (Lipinski definition) is 1. The van der Waals surface area contributed by atoms with Crippen molar-refractivity contribution in [1.29, 1.82) is 0 Å². The van der Waals surface area contributed by atoms with Crippen LogP contribution in [0.5, 0.6) is 0 Å². The molecule has 24 heavy (non-hydrogen) atoms. The molecule has 0 aliphatic carbocycles. The van der Waals surface area contributed by atoms with Crippen molar-refractivity contribution in [2.24, 2.45) is 0 Å². The van der Waals surface area contributed by atoms with Crippen molar-refractivity contribution >= 4 is 23.9 Å². The van der Waals surface area contributed by atoms with Gasteiger partial charge < -0.3 is 21.2 Å². The van der Waals surface area contributed by atoms with Crippen molar-refractivity contribution in [1.82, 2.24) is 0 Å². The van der Waals surface area contributed by atoms with Crippen molar-refractivity contribution < 1.29 is 42.9 Å². The van der Waals surface area contributed by atoms with Gasteiger partial charge in [-0.15, -0.1) is 0 Å². The predicted octanol–water partition coefficient (Wildman–Crippen LogP) is -0.831. The topological polar surface area (TPSA) is 115 Å². The van der Waals surface area contributed by atoms with Crippen molar-refractivity contribution in [3.05, 3.63) is 91.0 Å². The molecule has 0 fully saturated rings. The fourth-order valence-electron chi connectivity index (χ4n) is 2.54. The quantitative estimate of drug-likeness (QED) is 0.465. The zero-order valence-electron chi connectivity index (χ0n) is 13.1. The number of hydrogen-bond donors (Lipinski definition) is 1. The van der Waals surface area contributed by atoms with Crippen molar-refractivity contribution in [3.63, 3.8) is 0 Å². The van der Waals surface area contributed by atoms with Crippen LogP contribution in [0, 0.1) is 0 Å². The molecule has 6 heteroatoms. The van der Waals surface area contributed by atoms with Gasteiger partial charge in [-0.1, -0.05) is 91.0 Å². The van der Waals surface area contributed by atoms with Crippen LogP contribution >= 0.6 is 0 Å². The third-order valence-corrected chi connectivity index (χ3v) is 7.08. The van der Waals surface area contributed by atoms with E-state index in [1.165, 1.54) is 0 Å². The molecule has 3 aromatic carbocycles. The second-order valence-electron chi connectivity index (χ2n) is 4.81. The first-order chi connectivity index (χ1) is 9.82. The molecule has 3 rings (SSSR count). The maximum absolute atomic E-state index is 11.6. The Hall–Kier alpha value is -1.57. The minimum atomic E-state index is -2.88. The van der Waals surface area contributed by atoms with Crippen LogP contribution in [0.15, 0.2) is 91.0 Å². The van der Waals surface area contributed by atoms with Crippen LogP contribution < -0.4 is 15.6 Å². The first-order valence-corrected chi connectivity index (χ1v) is 8.65. The van der Waals surface area contributed by atoms with Gasteiger partial charge in [0.2, 0.25) is 0 Å². The summed E-state index contributed by atoms with van der Waals surface area (Å²) in [6.07, 6.45) is 0. The largest absolute Gasteiger partial charge is 0.421 e. The second kappa shape index (κ2) is 11.1. The first kappa shape index (κ1) is 24.7. The van der Waals surface area contributed by atoms with Crippen LogP contribution in [0.2, 0.25) is 0 Å². The molecule has 0 aromatic heterocycles. The van der Waals surface area contributed by atoms with E-state index in [2.05, 4.69) is 0 Å². The summed E-state index contributed by atoms with van der Waals surface area (Å²) in [6, 6.07) is 30.0. The number of rotatable bonds is 3. The Balaban J connectivity index is 0. The molecule has 3 aromatic rings. The maximum Gasteiger partial charge on any atom is 0.285 e. The average molecular weight is 378 g/mol. The monoisotopic (exact) mass is 378 g/mol. The van der Waals surface area contributed by atoms with Gasteiger partial charge in [-0.3, -0.25) is 0 Å². The van der Waals surface area contributed by atoms with Gasteiger partial charge in [0.05, 0.1) is 0 Å². The summed E-state index contributed by atoms with van der Waals surface area (Å²) >= 11 is 0. The van der Waals surface area contributed by atoms with E-state index in [-0.39, 0.29) is 38.1 Å². The van der Waals surface area contributed by atoms with E-state index < -0.39 is 8.32 Å². The first-order valence-electron chi connectivity index (χ1n) is 6.71. The van der Waals surface area contributed by atoms with Crippen LogP contribution in [0.25, 0.3) is 0 Å². The van der Waals surface area contributed by atoms with E-state index in [0.717, 1.165) is 15.6 Å².